The van der Waals surface area contributed by atoms with Crippen LogP contribution >= 0.6 is 35.0 Å². The highest BCUT2D eigenvalue weighted by Crippen LogP contribution is 2.24. The third kappa shape index (κ3) is 7.57. The second-order valence-corrected chi connectivity index (χ2v) is 8.89. The molecule has 0 saturated heterocycles. The number of hydrogen-bond donors (Lipinski definition) is 1. The van der Waals surface area contributed by atoms with Gasteiger partial charge in [-0.15, -0.1) is 11.8 Å². The van der Waals surface area contributed by atoms with Gasteiger partial charge in [0.1, 0.15) is 6.04 Å². The largest absolute Gasteiger partial charge is 0.352 e. The molecule has 4 nitrogen and oxygen atoms in total. The van der Waals surface area contributed by atoms with Crippen LogP contribution in [0.3, 0.4) is 0 Å². The lowest BCUT2D eigenvalue weighted by Crippen LogP contribution is -2.49. The van der Waals surface area contributed by atoms with Gasteiger partial charge in [0.2, 0.25) is 11.8 Å². The van der Waals surface area contributed by atoms with Gasteiger partial charge in [-0.1, -0.05) is 59.6 Å². The lowest BCUT2D eigenvalue weighted by Gasteiger charge is -2.29. The number of halogens is 2. The molecular formula is C22H26Cl2N2O2S. The van der Waals surface area contributed by atoms with Crippen LogP contribution in [0.2, 0.25) is 10.0 Å². The Morgan fingerprint density at radius 1 is 1.00 bits per heavy atom. The second-order valence-electron chi connectivity index (χ2n) is 7.09. The van der Waals surface area contributed by atoms with Crippen molar-refractivity contribution in [1.29, 1.82) is 0 Å². The fraction of sp³-hybridized carbons (Fsp3) is 0.364. The van der Waals surface area contributed by atoms with Crippen LogP contribution < -0.4 is 5.32 Å². The lowest BCUT2D eigenvalue weighted by molar-refractivity contribution is -0.138. The minimum atomic E-state index is -0.600. The molecule has 2 aromatic carbocycles. The van der Waals surface area contributed by atoms with E-state index in [2.05, 4.69) is 5.32 Å². The Kier molecular flexibility index (Phi) is 9.34. The van der Waals surface area contributed by atoms with Crippen LogP contribution in [0.25, 0.3) is 0 Å². The first-order chi connectivity index (χ1) is 13.8. The summed E-state index contributed by atoms with van der Waals surface area (Å²) in [4.78, 5) is 27.1. The number of amides is 2. The highest BCUT2D eigenvalue weighted by atomic mass is 35.5. The molecule has 2 amide bonds. The van der Waals surface area contributed by atoms with Crippen LogP contribution in [-0.2, 0) is 21.9 Å². The zero-order chi connectivity index (χ0) is 21.4. The molecular weight excluding hydrogens is 427 g/mol. The molecule has 0 aromatic heterocycles. The summed E-state index contributed by atoms with van der Waals surface area (Å²) in [6.07, 6.45) is 0. The van der Waals surface area contributed by atoms with E-state index in [1.165, 1.54) is 11.8 Å². The van der Waals surface area contributed by atoms with E-state index in [1.807, 2.05) is 50.2 Å². The lowest BCUT2D eigenvalue weighted by atomic mass is 10.1. The molecule has 0 bridgehead atoms. The van der Waals surface area contributed by atoms with Gasteiger partial charge in [0.05, 0.1) is 15.8 Å². The summed E-state index contributed by atoms with van der Waals surface area (Å²) in [5.74, 6) is 0.750. The van der Waals surface area contributed by atoms with Gasteiger partial charge in [-0.3, -0.25) is 9.59 Å². The number of carbonyl (C=O) groups excluding carboxylic acids is 2. The zero-order valence-corrected chi connectivity index (χ0v) is 19.2. The van der Waals surface area contributed by atoms with Crippen LogP contribution in [0.4, 0.5) is 0 Å². The molecule has 0 spiro atoms. The highest BCUT2D eigenvalue weighted by molar-refractivity contribution is 7.99. The summed E-state index contributed by atoms with van der Waals surface area (Å²) in [5.41, 5.74) is 1.98. The number of nitrogens with zero attached hydrogens (tertiary/aromatic N) is 1. The van der Waals surface area contributed by atoms with Gasteiger partial charge in [-0.25, -0.2) is 0 Å². The average Bonchev–Trinajstić information content (AvgIpc) is 2.68. The quantitative estimate of drug-likeness (QED) is 0.570. The molecule has 0 radical (unpaired) electrons. The van der Waals surface area contributed by atoms with E-state index in [9.17, 15) is 9.59 Å². The van der Waals surface area contributed by atoms with Gasteiger partial charge in [-0.05, 0) is 44.0 Å². The van der Waals surface area contributed by atoms with E-state index in [4.69, 9.17) is 23.2 Å². The number of rotatable bonds is 9. The predicted octanol–water partition coefficient (Wildman–Crippen LogP) is 5.17. The average molecular weight is 453 g/mol. The van der Waals surface area contributed by atoms with Crippen LogP contribution in [0.1, 0.15) is 31.9 Å². The van der Waals surface area contributed by atoms with Crippen molar-refractivity contribution >= 4 is 46.8 Å². The Balaban J connectivity index is 2.10. The monoisotopic (exact) mass is 452 g/mol. The number of carbonyl (C=O) groups is 2. The van der Waals surface area contributed by atoms with Crippen molar-refractivity contribution in [3.63, 3.8) is 0 Å². The van der Waals surface area contributed by atoms with Gasteiger partial charge in [0, 0.05) is 18.3 Å². The van der Waals surface area contributed by atoms with E-state index in [0.717, 1.165) is 16.9 Å². The van der Waals surface area contributed by atoms with E-state index in [-0.39, 0.29) is 30.2 Å². The van der Waals surface area contributed by atoms with Crippen molar-refractivity contribution in [2.75, 3.05) is 5.75 Å². The summed E-state index contributed by atoms with van der Waals surface area (Å²) in [7, 11) is 0. The Labute approximate surface area is 187 Å². The topological polar surface area (TPSA) is 49.4 Å². The molecule has 2 aromatic rings. The summed E-state index contributed by atoms with van der Waals surface area (Å²) in [6.45, 7) is 5.82. The van der Waals surface area contributed by atoms with Crippen molar-refractivity contribution in [2.24, 2.45) is 0 Å². The number of benzene rings is 2. The first-order valence-corrected chi connectivity index (χ1v) is 11.3. The molecule has 156 valence electrons. The maximum atomic E-state index is 13.0. The van der Waals surface area contributed by atoms with Crippen LogP contribution in [0.5, 0.6) is 0 Å². The second kappa shape index (κ2) is 11.5. The molecule has 29 heavy (non-hydrogen) atoms. The highest BCUT2D eigenvalue weighted by Gasteiger charge is 2.26. The molecule has 1 unspecified atom stereocenters. The first-order valence-electron chi connectivity index (χ1n) is 9.43. The predicted molar refractivity (Wildman–Crippen MR) is 122 cm³/mol. The molecule has 2 rings (SSSR count). The Morgan fingerprint density at radius 2 is 1.69 bits per heavy atom. The van der Waals surface area contributed by atoms with Crippen molar-refractivity contribution < 1.29 is 9.59 Å². The molecule has 0 aliphatic carbocycles. The van der Waals surface area contributed by atoms with Crippen molar-refractivity contribution in [2.45, 2.75) is 45.2 Å². The van der Waals surface area contributed by atoms with E-state index in [0.29, 0.717) is 10.0 Å². The van der Waals surface area contributed by atoms with Crippen molar-refractivity contribution in [1.82, 2.24) is 10.2 Å². The smallest absolute Gasteiger partial charge is 0.242 e. The third-order valence-corrected chi connectivity index (χ3v) is 6.00. The standard InChI is InChI=1S/C22H26Cl2N2O2S/c1-15(2)25-22(28)16(3)26(12-18-9-10-19(23)20(24)11-18)21(27)14-29-13-17-7-5-4-6-8-17/h4-11,15-16H,12-14H2,1-3H3,(H,25,28). The molecule has 7 heteroatoms. The van der Waals surface area contributed by atoms with Gasteiger partial charge >= 0.3 is 0 Å². The third-order valence-electron chi connectivity index (χ3n) is 4.27. The van der Waals surface area contributed by atoms with E-state index < -0.39 is 6.04 Å². The Bertz CT molecular complexity index is 831. The fourth-order valence-electron chi connectivity index (χ4n) is 2.74. The fourth-order valence-corrected chi connectivity index (χ4v) is 3.93. The van der Waals surface area contributed by atoms with E-state index >= 15 is 0 Å². The van der Waals surface area contributed by atoms with Gasteiger partial charge < -0.3 is 10.2 Å². The maximum absolute atomic E-state index is 13.0. The SMILES string of the molecule is CC(C)NC(=O)C(C)N(Cc1ccc(Cl)c(Cl)c1)C(=O)CSCc1ccccc1. The summed E-state index contributed by atoms with van der Waals surface area (Å²) >= 11 is 13.6. The summed E-state index contributed by atoms with van der Waals surface area (Å²) < 4.78 is 0. The maximum Gasteiger partial charge on any atom is 0.242 e. The van der Waals surface area contributed by atoms with Gasteiger partial charge in [-0.2, -0.15) is 0 Å². The minimum Gasteiger partial charge on any atom is -0.352 e. The Hall–Kier alpha value is -1.69. The van der Waals surface area contributed by atoms with Crippen LogP contribution in [0, 0.1) is 0 Å². The number of hydrogen-bond acceptors (Lipinski definition) is 3. The molecule has 0 aliphatic rings. The molecule has 1 N–H and O–H groups in total. The normalized spacial score (nSPS) is 11.9. The molecule has 0 heterocycles. The van der Waals surface area contributed by atoms with Gasteiger partial charge in [0.15, 0.2) is 0 Å². The summed E-state index contributed by atoms with van der Waals surface area (Å²) in [6, 6.07) is 14.6. The molecule has 0 aliphatic heterocycles. The zero-order valence-electron chi connectivity index (χ0n) is 16.8. The molecule has 0 fully saturated rings. The van der Waals surface area contributed by atoms with Crippen molar-refractivity contribution in [3.05, 3.63) is 69.7 Å². The summed E-state index contributed by atoms with van der Waals surface area (Å²) in [5, 5.41) is 3.76. The van der Waals surface area contributed by atoms with Gasteiger partial charge in [0.25, 0.3) is 0 Å². The molecule has 0 saturated carbocycles. The molecule has 1 atom stereocenters. The van der Waals surface area contributed by atoms with Crippen molar-refractivity contribution in [3.8, 4) is 0 Å². The number of thioether (sulfide) groups is 1. The van der Waals surface area contributed by atoms with Crippen LogP contribution in [0.15, 0.2) is 48.5 Å². The first kappa shape index (κ1) is 23.6. The van der Waals surface area contributed by atoms with Crippen LogP contribution in [-0.4, -0.2) is 34.6 Å². The van der Waals surface area contributed by atoms with E-state index in [1.54, 1.807) is 24.0 Å². The Morgan fingerprint density at radius 3 is 2.31 bits per heavy atom. The minimum absolute atomic E-state index is 0.000617. The number of nitrogens with one attached hydrogen (secondary N) is 1.